The summed E-state index contributed by atoms with van der Waals surface area (Å²) in [5, 5.41) is 2.93. The van der Waals surface area contributed by atoms with Gasteiger partial charge >= 0.3 is 0 Å². The highest BCUT2D eigenvalue weighted by Gasteiger charge is 2.38. The van der Waals surface area contributed by atoms with Gasteiger partial charge in [-0.25, -0.2) is 0 Å². The van der Waals surface area contributed by atoms with E-state index in [-0.39, 0.29) is 5.91 Å². The van der Waals surface area contributed by atoms with E-state index in [1.165, 1.54) is 19.3 Å². The normalized spacial score (nSPS) is 24.8. The molecule has 2 unspecified atom stereocenters. The maximum absolute atomic E-state index is 12.1. The van der Waals surface area contributed by atoms with E-state index in [0.717, 1.165) is 23.7 Å². The van der Waals surface area contributed by atoms with Gasteiger partial charge in [0.1, 0.15) is 4.99 Å². The Morgan fingerprint density at radius 1 is 1.45 bits per heavy atom. The molecule has 0 radical (unpaired) electrons. The fourth-order valence-corrected chi connectivity index (χ4v) is 3.48. The summed E-state index contributed by atoms with van der Waals surface area (Å²) in [4.78, 5) is 14.8. The van der Waals surface area contributed by atoms with Crippen LogP contribution in [0.15, 0.2) is 24.3 Å². The van der Waals surface area contributed by atoms with Crippen LogP contribution in [-0.2, 0) is 4.79 Å². The lowest BCUT2D eigenvalue weighted by atomic mass is 10.1. The number of fused-ring (bicyclic) bond motifs is 2. The summed E-state index contributed by atoms with van der Waals surface area (Å²) in [5.74, 6) is 0.850. The van der Waals surface area contributed by atoms with Crippen LogP contribution in [0.4, 0.5) is 5.69 Å². The summed E-state index contributed by atoms with van der Waals surface area (Å²) in [7, 11) is 0. The number of anilines is 1. The van der Waals surface area contributed by atoms with Crippen LogP contribution in [0.5, 0.6) is 0 Å². The maximum Gasteiger partial charge on any atom is 0.238 e. The molecule has 5 heteroatoms. The summed E-state index contributed by atoms with van der Waals surface area (Å²) < 4.78 is 0. The molecule has 1 aliphatic carbocycles. The van der Waals surface area contributed by atoms with E-state index in [9.17, 15) is 4.79 Å². The van der Waals surface area contributed by atoms with Crippen LogP contribution >= 0.6 is 12.2 Å². The van der Waals surface area contributed by atoms with Gasteiger partial charge in [0.05, 0.1) is 6.54 Å². The molecule has 1 aromatic rings. The van der Waals surface area contributed by atoms with Crippen molar-refractivity contribution in [3.05, 3.63) is 29.8 Å². The average molecular weight is 289 g/mol. The molecule has 2 bridgehead atoms. The van der Waals surface area contributed by atoms with Crippen LogP contribution < -0.4 is 11.1 Å². The highest BCUT2D eigenvalue weighted by atomic mass is 32.1. The van der Waals surface area contributed by atoms with E-state index < -0.39 is 0 Å². The number of nitrogens with two attached hydrogens (primary N) is 1. The summed E-state index contributed by atoms with van der Waals surface area (Å²) in [5.41, 5.74) is 7.13. The molecular formula is C15H19N3OS. The fraction of sp³-hybridized carbons (Fsp3) is 0.467. The zero-order chi connectivity index (χ0) is 14.1. The van der Waals surface area contributed by atoms with Crippen molar-refractivity contribution in [1.82, 2.24) is 4.90 Å². The van der Waals surface area contributed by atoms with E-state index in [0.29, 0.717) is 17.6 Å². The van der Waals surface area contributed by atoms with E-state index in [2.05, 4.69) is 10.2 Å². The van der Waals surface area contributed by atoms with E-state index in [1.807, 2.05) is 24.3 Å². The smallest absolute Gasteiger partial charge is 0.238 e. The number of carbonyl (C=O) groups excluding carboxylic acids is 1. The molecule has 2 aliphatic rings. The molecule has 1 aliphatic heterocycles. The van der Waals surface area contributed by atoms with Crippen molar-refractivity contribution in [3.63, 3.8) is 0 Å². The molecule has 1 heterocycles. The molecule has 1 saturated carbocycles. The minimum absolute atomic E-state index is 0.0395. The van der Waals surface area contributed by atoms with Gasteiger partial charge in [-0.05, 0) is 37.3 Å². The number of hydrogen-bond acceptors (Lipinski definition) is 3. The van der Waals surface area contributed by atoms with Gasteiger partial charge in [0, 0.05) is 23.8 Å². The molecule has 2 fully saturated rings. The molecule has 2 atom stereocenters. The van der Waals surface area contributed by atoms with Crippen molar-refractivity contribution in [1.29, 1.82) is 0 Å². The Bertz CT molecular complexity index is 546. The SMILES string of the molecule is NC(=S)c1cccc(NC(=O)CN2CC3CCC2C3)c1. The summed E-state index contributed by atoms with van der Waals surface area (Å²) in [6.07, 6.45) is 3.85. The lowest BCUT2D eigenvalue weighted by Crippen LogP contribution is -2.38. The minimum atomic E-state index is 0.0395. The first kappa shape index (κ1) is 13.5. The van der Waals surface area contributed by atoms with Crippen molar-refractivity contribution in [2.75, 3.05) is 18.4 Å². The predicted octanol–water partition coefficient (Wildman–Crippen LogP) is 1.74. The molecule has 106 valence electrons. The Labute approximate surface area is 124 Å². The Morgan fingerprint density at radius 3 is 2.95 bits per heavy atom. The number of benzene rings is 1. The first-order chi connectivity index (χ1) is 9.61. The molecule has 4 nitrogen and oxygen atoms in total. The molecule has 1 saturated heterocycles. The number of hydrogen-bond donors (Lipinski definition) is 2. The lowest BCUT2D eigenvalue weighted by Gasteiger charge is -2.25. The summed E-state index contributed by atoms with van der Waals surface area (Å²) >= 11 is 4.94. The second-order valence-corrected chi connectivity index (χ2v) is 6.20. The zero-order valence-electron chi connectivity index (χ0n) is 11.3. The van der Waals surface area contributed by atoms with Gasteiger partial charge in [-0.2, -0.15) is 0 Å². The molecule has 0 aromatic heterocycles. The standard InChI is InChI=1S/C15H19N3OS/c16-15(20)11-2-1-3-12(7-11)17-14(19)9-18-8-10-4-5-13(18)6-10/h1-3,7,10,13H,4-6,8-9H2,(H2,16,20)(H,17,19). The number of carbonyl (C=O) groups is 1. The van der Waals surface area contributed by atoms with Gasteiger partial charge in [0.2, 0.25) is 5.91 Å². The quantitative estimate of drug-likeness (QED) is 0.829. The number of amides is 1. The first-order valence-corrected chi connectivity index (χ1v) is 7.46. The molecule has 3 N–H and O–H groups in total. The summed E-state index contributed by atoms with van der Waals surface area (Å²) in [6.45, 7) is 1.56. The number of nitrogens with one attached hydrogen (secondary N) is 1. The summed E-state index contributed by atoms with van der Waals surface area (Å²) in [6, 6.07) is 7.99. The Balaban J connectivity index is 1.59. The Kier molecular flexibility index (Phi) is 3.72. The van der Waals surface area contributed by atoms with Crippen molar-refractivity contribution < 1.29 is 4.79 Å². The highest BCUT2D eigenvalue weighted by Crippen LogP contribution is 2.36. The van der Waals surface area contributed by atoms with Gasteiger partial charge in [-0.3, -0.25) is 9.69 Å². The van der Waals surface area contributed by atoms with Crippen LogP contribution in [0.3, 0.4) is 0 Å². The van der Waals surface area contributed by atoms with Crippen molar-refractivity contribution >= 4 is 28.8 Å². The maximum atomic E-state index is 12.1. The molecule has 1 aromatic carbocycles. The van der Waals surface area contributed by atoms with E-state index >= 15 is 0 Å². The molecular weight excluding hydrogens is 270 g/mol. The fourth-order valence-electron chi connectivity index (χ4n) is 3.36. The topological polar surface area (TPSA) is 58.4 Å². The Hall–Kier alpha value is -1.46. The third-order valence-electron chi connectivity index (χ3n) is 4.30. The third-order valence-corrected chi connectivity index (χ3v) is 4.54. The largest absolute Gasteiger partial charge is 0.389 e. The first-order valence-electron chi connectivity index (χ1n) is 7.05. The van der Waals surface area contributed by atoms with Crippen LogP contribution in [0.1, 0.15) is 24.8 Å². The van der Waals surface area contributed by atoms with Crippen molar-refractivity contribution in [2.24, 2.45) is 11.7 Å². The highest BCUT2D eigenvalue weighted by molar-refractivity contribution is 7.80. The molecule has 0 spiro atoms. The number of thiocarbonyl (C=S) groups is 1. The Morgan fingerprint density at radius 2 is 2.30 bits per heavy atom. The molecule has 1 amide bonds. The average Bonchev–Trinajstić information content (AvgIpc) is 3.01. The van der Waals surface area contributed by atoms with Gasteiger partial charge in [0.15, 0.2) is 0 Å². The van der Waals surface area contributed by atoms with Crippen molar-refractivity contribution in [3.8, 4) is 0 Å². The van der Waals surface area contributed by atoms with Gasteiger partial charge < -0.3 is 11.1 Å². The van der Waals surface area contributed by atoms with Crippen molar-refractivity contribution in [2.45, 2.75) is 25.3 Å². The predicted molar refractivity (Wildman–Crippen MR) is 83.7 cm³/mol. The van der Waals surface area contributed by atoms with Crippen LogP contribution in [0.2, 0.25) is 0 Å². The molecule has 3 rings (SSSR count). The van der Waals surface area contributed by atoms with Gasteiger partial charge in [0.25, 0.3) is 0 Å². The minimum Gasteiger partial charge on any atom is -0.389 e. The number of likely N-dealkylation sites (tertiary alicyclic amines) is 1. The number of rotatable bonds is 4. The number of nitrogens with zero attached hydrogens (tertiary/aromatic N) is 1. The third kappa shape index (κ3) is 2.83. The second kappa shape index (κ2) is 5.50. The molecule has 20 heavy (non-hydrogen) atoms. The van der Waals surface area contributed by atoms with Crippen LogP contribution in [0.25, 0.3) is 0 Å². The van der Waals surface area contributed by atoms with Gasteiger partial charge in [-0.15, -0.1) is 0 Å². The number of piperidine rings is 1. The zero-order valence-corrected chi connectivity index (χ0v) is 12.2. The van der Waals surface area contributed by atoms with Gasteiger partial charge in [-0.1, -0.05) is 24.4 Å². The van der Waals surface area contributed by atoms with E-state index in [4.69, 9.17) is 18.0 Å². The lowest BCUT2D eigenvalue weighted by molar-refractivity contribution is -0.117. The second-order valence-electron chi connectivity index (χ2n) is 5.76. The van der Waals surface area contributed by atoms with E-state index in [1.54, 1.807) is 0 Å². The monoisotopic (exact) mass is 289 g/mol. The van der Waals surface area contributed by atoms with Crippen LogP contribution in [-0.4, -0.2) is 34.9 Å². The van der Waals surface area contributed by atoms with Crippen LogP contribution in [0, 0.1) is 5.92 Å².